The fourth-order valence-electron chi connectivity index (χ4n) is 3.46. The minimum absolute atomic E-state index is 0.0393. The molecule has 11 heteroatoms. The minimum atomic E-state index is -0.0393. The molecule has 0 saturated carbocycles. The van der Waals surface area contributed by atoms with Crippen LogP contribution in [-0.2, 0) is 0 Å². The van der Waals surface area contributed by atoms with E-state index in [9.17, 15) is 4.79 Å². The van der Waals surface area contributed by atoms with Crippen LogP contribution in [0.1, 0.15) is 16.1 Å². The maximum atomic E-state index is 12.6. The first-order valence-corrected chi connectivity index (χ1v) is 9.63. The normalized spacial score (nSPS) is 14.3. The van der Waals surface area contributed by atoms with Gasteiger partial charge >= 0.3 is 0 Å². The monoisotopic (exact) mass is 404 g/mol. The van der Waals surface area contributed by atoms with Crippen molar-refractivity contribution in [3.05, 3.63) is 54.1 Å². The second-order valence-corrected chi connectivity index (χ2v) is 7.07. The topological polar surface area (TPSA) is 120 Å². The quantitative estimate of drug-likeness (QED) is 0.522. The number of aromatic amines is 1. The molecule has 0 aliphatic carbocycles. The molecule has 1 aliphatic rings. The average Bonchev–Trinajstić information content (AvgIpc) is 3.43. The fourth-order valence-corrected chi connectivity index (χ4v) is 3.46. The van der Waals surface area contributed by atoms with E-state index in [1.807, 2.05) is 36.2 Å². The van der Waals surface area contributed by atoms with Gasteiger partial charge in [-0.3, -0.25) is 9.89 Å². The highest BCUT2D eigenvalue weighted by molar-refractivity contribution is 5.94. The van der Waals surface area contributed by atoms with Gasteiger partial charge in [0.15, 0.2) is 11.6 Å². The summed E-state index contributed by atoms with van der Waals surface area (Å²) in [5.41, 5.74) is 2.37. The molecule has 1 fully saturated rings. The number of rotatable bonds is 4. The summed E-state index contributed by atoms with van der Waals surface area (Å²) in [6.45, 7) is 4.38. The molecule has 0 spiro atoms. The lowest BCUT2D eigenvalue weighted by molar-refractivity contribution is 0.0745. The number of fused-ring (bicyclic) bond motifs is 1. The minimum Gasteiger partial charge on any atom is -0.336 e. The Bertz CT molecular complexity index is 1180. The summed E-state index contributed by atoms with van der Waals surface area (Å²) in [7, 11) is 0. The number of carbonyl (C=O) groups is 1. The number of nitrogens with one attached hydrogen (secondary N) is 2. The molecule has 11 nitrogen and oxygen atoms in total. The van der Waals surface area contributed by atoms with Crippen LogP contribution in [0.2, 0.25) is 0 Å². The summed E-state index contributed by atoms with van der Waals surface area (Å²) >= 11 is 0. The molecule has 0 bridgehead atoms. The second kappa shape index (κ2) is 7.43. The van der Waals surface area contributed by atoms with Crippen molar-refractivity contribution < 1.29 is 4.79 Å². The summed E-state index contributed by atoms with van der Waals surface area (Å²) in [5.74, 6) is 1.94. The van der Waals surface area contributed by atoms with Gasteiger partial charge in [0, 0.05) is 44.1 Å². The molecular formula is C19H20N10O. The van der Waals surface area contributed by atoms with Crippen molar-refractivity contribution >= 4 is 29.0 Å². The standard InChI is InChI=1S/C19H20N10O/c1-13-11-16(25-24-13)22-17-15-3-2-6-29(15)26-19(23-17)28-9-7-27(8-10-28)18(30)14-4-5-20-21-12-14/h2-6,11-12H,7-10H2,1H3,(H2,22,23,24,25,26). The molecule has 30 heavy (non-hydrogen) atoms. The number of amides is 1. The van der Waals surface area contributed by atoms with Crippen LogP contribution >= 0.6 is 0 Å². The van der Waals surface area contributed by atoms with Crippen molar-refractivity contribution in [3.63, 3.8) is 0 Å². The Hall–Kier alpha value is -4.02. The molecule has 1 amide bonds. The predicted octanol–water partition coefficient (Wildman–Crippen LogP) is 1.26. The fraction of sp³-hybridized carbons (Fsp3) is 0.263. The number of nitrogens with zero attached hydrogens (tertiary/aromatic N) is 8. The smallest absolute Gasteiger partial charge is 0.255 e. The van der Waals surface area contributed by atoms with Gasteiger partial charge in [0.2, 0.25) is 5.95 Å². The van der Waals surface area contributed by atoms with Crippen LogP contribution in [0, 0.1) is 6.92 Å². The van der Waals surface area contributed by atoms with Crippen molar-refractivity contribution in [3.8, 4) is 0 Å². The first-order chi connectivity index (χ1) is 14.7. The highest BCUT2D eigenvalue weighted by Gasteiger charge is 2.24. The zero-order valence-electron chi connectivity index (χ0n) is 16.4. The lowest BCUT2D eigenvalue weighted by atomic mass is 10.2. The van der Waals surface area contributed by atoms with Crippen molar-refractivity contribution in [2.24, 2.45) is 0 Å². The Kier molecular flexibility index (Phi) is 4.46. The van der Waals surface area contributed by atoms with Crippen LogP contribution in [0.4, 0.5) is 17.6 Å². The molecule has 0 atom stereocenters. The van der Waals surface area contributed by atoms with E-state index < -0.39 is 0 Å². The van der Waals surface area contributed by atoms with Gasteiger partial charge < -0.3 is 15.1 Å². The molecule has 2 N–H and O–H groups in total. The van der Waals surface area contributed by atoms with Gasteiger partial charge in [0.1, 0.15) is 5.52 Å². The molecule has 1 aliphatic heterocycles. The maximum Gasteiger partial charge on any atom is 0.255 e. The number of aryl methyl sites for hydroxylation is 1. The third kappa shape index (κ3) is 3.41. The SMILES string of the molecule is Cc1cc(Nc2nc(N3CCN(C(=O)c4ccnnc4)CC3)nn3cccc23)n[nH]1. The van der Waals surface area contributed by atoms with E-state index in [1.54, 1.807) is 10.6 Å². The first kappa shape index (κ1) is 18.0. The molecular weight excluding hydrogens is 384 g/mol. The molecule has 0 radical (unpaired) electrons. The Balaban J connectivity index is 1.35. The lowest BCUT2D eigenvalue weighted by Gasteiger charge is -2.34. The third-order valence-electron chi connectivity index (χ3n) is 5.01. The number of anilines is 3. The molecule has 5 rings (SSSR count). The van der Waals surface area contributed by atoms with Crippen LogP contribution in [0.25, 0.3) is 5.52 Å². The van der Waals surface area contributed by atoms with Gasteiger partial charge in [-0.1, -0.05) is 0 Å². The van der Waals surface area contributed by atoms with Crippen molar-refractivity contribution in [1.29, 1.82) is 0 Å². The van der Waals surface area contributed by atoms with Gasteiger partial charge in [0.05, 0.1) is 18.0 Å². The number of hydrogen-bond donors (Lipinski definition) is 2. The zero-order chi connectivity index (χ0) is 20.5. The average molecular weight is 404 g/mol. The summed E-state index contributed by atoms with van der Waals surface area (Å²) in [4.78, 5) is 21.3. The van der Waals surface area contributed by atoms with E-state index in [0.29, 0.717) is 49.3 Å². The van der Waals surface area contributed by atoms with Gasteiger partial charge in [-0.25, -0.2) is 4.52 Å². The summed E-state index contributed by atoms with van der Waals surface area (Å²) in [5, 5.41) is 22.6. The van der Waals surface area contributed by atoms with Crippen molar-refractivity contribution in [1.82, 2.24) is 39.9 Å². The highest BCUT2D eigenvalue weighted by atomic mass is 16.2. The molecule has 152 valence electrons. The van der Waals surface area contributed by atoms with Crippen LogP contribution in [0.15, 0.2) is 42.9 Å². The third-order valence-corrected chi connectivity index (χ3v) is 5.01. The number of piperazine rings is 1. The van der Waals surface area contributed by atoms with E-state index >= 15 is 0 Å². The van der Waals surface area contributed by atoms with E-state index in [-0.39, 0.29) is 5.91 Å². The van der Waals surface area contributed by atoms with Crippen molar-refractivity contribution in [2.75, 3.05) is 36.4 Å². The second-order valence-electron chi connectivity index (χ2n) is 7.07. The molecule has 0 unspecified atom stereocenters. The zero-order valence-corrected chi connectivity index (χ0v) is 16.4. The summed E-state index contributed by atoms with van der Waals surface area (Å²) in [6.07, 6.45) is 4.91. The largest absolute Gasteiger partial charge is 0.336 e. The number of carbonyl (C=O) groups excluding carboxylic acids is 1. The predicted molar refractivity (Wildman–Crippen MR) is 110 cm³/mol. The molecule has 5 heterocycles. The first-order valence-electron chi connectivity index (χ1n) is 9.63. The van der Waals surface area contributed by atoms with Crippen LogP contribution in [-0.4, -0.2) is 72.0 Å². The summed E-state index contributed by atoms with van der Waals surface area (Å²) in [6, 6.07) is 7.47. The maximum absolute atomic E-state index is 12.6. The number of hydrogen-bond acceptors (Lipinski definition) is 8. The summed E-state index contributed by atoms with van der Waals surface area (Å²) < 4.78 is 1.80. The van der Waals surface area contributed by atoms with E-state index in [4.69, 9.17) is 4.98 Å². The van der Waals surface area contributed by atoms with Crippen molar-refractivity contribution in [2.45, 2.75) is 6.92 Å². The van der Waals surface area contributed by atoms with E-state index in [1.165, 1.54) is 12.4 Å². The van der Waals surface area contributed by atoms with E-state index in [0.717, 1.165) is 11.2 Å². The Morgan fingerprint density at radius 2 is 2.03 bits per heavy atom. The molecule has 0 aromatic carbocycles. The van der Waals surface area contributed by atoms with Gasteiger partial charge in [0.25, 0.3) is 5.91 Å². The molecule has 1 saturated heterocycles. The number of aromatic nitrogens is 7. The van der Waals surface area contributed by atoms with Crippen LogP contribution in [0.3, 0.4) is 0 Å². The Morgan fingerprint density at radius 3 is 2.77 bits per heavy atom. The Morgan fingerprint density at radius 1 is 1.17 bits per heavy atom. The van der Waals surface area contributed by atoms with E-state index in [2.05, 4.69) is 35.7 Å². The lowest BCUT2D eigenvalue weighted by Crippen LogP contribution is -2.49. The highest BCUT2D eigenvalue weighted by Crippen LogP contribution is 2.22. The van der Waals surface area contributed by atoms with Gasteiger partial charge in [-0.15, -0.1) is 5.10 Å². The van der Waals surface area contributed by atoms with Gasteiger partial charge in [-0.05, 0) is 25.1 Å². The van der Waals surface area contributed by atoms with Crippen LogP contribution in [0.5, 0.6) is 0 Å². The molecule has 4 aromatic heterocycles. The molecule has 4 aromatic rings. The number of H-pyrrole nitrogens is 1. The van der Waals surface area contributed by atoms with Crippen LogP contribution < -0.4 is 10.2 Å². The van der Waals surface area contributed by atoms with Gasteiger partial charge in [-0.2, -0.15) is 20.3 Å². The Labute approximate surface area is 171 Å².